The molecule has 0 aliphatic heterocycles. The lowest BCUT2D eigenvalue weighted by Crippen LogP contribution is -2.24. The summed E-state index contributed by atoms with van der Waals surface area (Å²) in [5, 5.41) is 5.72. The first-order valence-corrected chi connectivity index (χ1v) is 7.60. The summed E-state index contributed by atoms with van der Waals surface area (Å²) >= 11 is 1.78. The lowest BCUT2D eigenvalue weighted by atomic mass is 9.99. The molecule has 1 aromatic heterocycles. The molecule has 1 N–H and O–H groups in total. The Morgan fingerprint density at radius 3 is 2.53 bits per heavy atom. The topological polar surface area (TPSA) is 12.0 Å². The maximum atomic E-state index is 13.0. The number of rotatable bonds is 6. The van der Waals surface area contributed by atoms with E-state index in [1.54, 1.807) is 11.3 Å². The third-order valence-electron chi connectivity index (χ3n) is 3.27. The van der Waals surface area contributed by atoms with Crippen LogP contribution in [0.4, 0.5) is 4.39 Å². The van der Waals surface area contributed by atoms with Crippen LogP contribution in [0.25, 0.3) is 0 Å². The van der Waals surface area contributed by atoms with Crippen LogP contribution in [0.5, 0.6) is 0 Å². The quantitative estimate of drug-likeness (QED) is 0.821. The molecule has 102 valence electrons. The summed E-state index contributed by atoms with van der Waals surface area (Å²) < 4.78 is 13.0. The van der Waals surface area contributed by atoms with Crippen LogP contribution < -0.4 is 5.32 Å². The Morgan fingerprint density at radius 2 is 1.95 bits per heavy atom. The number of benzene rings is 1. The first-order valence-electron chi connectivity index (χ1n) is 6.72. The minimum absolute atomic E-state index is 0.173. The van der Waals surface area contributed by atoms with Crippen molar-refractivity contribution in [3.05, 3.63) is 57.5 Å². The van der Waals surface area contributed by atoms with Crippen LogP contribution in [0, 0.1) is 12.7 Å². The molecule has 0 spiro atoms. The van der Waals surface area contributed by atoms with Gasteiger partial charge in [-0.25, -0.2) is 4.39 Å². The molecule has 19 heavy (non-hydrogen) atoms. The number of halogens is 1. The van der Waals surface area contributed by atoms with Gasteiger partial charge in [0, 0.05) is 10.9 Å². The fraction of sp³-hybridized carbons (Fsp3) is 0.375. The zero-order chi connectivity index (χ0) is 13.7. The second-order valence-corrected chi connectivity index (χ2v) is 5.89. The Morgan fingerprint density at radius 1 is 1.21 bits per heavy atom. The van der Waals surface area contributed by atoms with E-state index in [1.165, 1.54) is 28.1 Å². The van der Waals surface area contributed by atoms with E-state index < -0.39 is 0 Å². The van der Waals surface area contributed by atoms with Gasteiger partial charge in [-0.1, -0.05) is 19.1 Å². The molecule has 0 saturated carbocycles. The Bertz CT molecular complexity index is 504. The summed E-state index contributed by atoms with van der Waals surface area (Å²) in [6.45, 7) is 5.33. The van der Waals surface area contributed by atoms with Gasteiger partial charge in [0.15, 0.2) is 0 Å². The summed E-state index contributed by atoms with van der Waals surface area (Å²) in [4.78, 5) is 1.36. The van der Waals surface area contributed by atoms with E-state index in [-0.39, 0.29) is 5.82 Å². The van der Waals surface area contributed by atoms with Crippen LogP contribution >= 0.6 is 11.3 Å². The molecule has 0 aliphatic rings. The predicted molar refractivity (Wildman–Crippen MR) is 80.2 cm³/mol. The second kappa shape index (κ2) is 6.83. The monoisotopic (exact) mass is 277 g/mol. The van der Waals surface area contributed by atoms with Gasteiger partial charge >= 0.3 is 0 Å². The van der Waals surface area contributed by atoms with E-state index in [1.807, 2.05) is 12.1 Å². The van der Waals surface area contributed by atoms with Gasteiger partial charge in [0.2, 0.25) is 0 Å². The molecule has 0 fully saturated rings. The van der Waals surface area contributed by atoms with Crippen molar-refractivity contribution in [2.75, 3.05) is 6.54 Å². The lowest BCUT2D eigenvalue weighted by molar-refractivity contribution is 0.528. The SMILES string of the molecule is CCCNC(Cc1ccc(F)cc1)c1ccsc1C. The van der Waals surface area contributed by atoms with E-state index in [2.05, 4.69) is 30.6 Å². The normalized spacial score (nSPS) is 12.6. The van der Waals surface area contributed by atoms with Crippen molar-refractivity contribution in [3.8, 4) is 0 Å². The van der Waals surface area contributed by atoms with Gasteiger partial charge in [0.1, 0.15) is 5.82 Å². The van der Waals surface area contributed by atoms with Crippen LogP contribution in [0.1, 0.15) is 35.4 Å². The molecule has 0 saturated heterocycles. The number of hydrogen-bond acceptors (Lipinski definition) is 2. The van der Waals surface area contributed by atoms with Crippen molar-refractivity contribution in [2.45, 2.75) is 32.7 Å². The number of nitrogens with one attached hydrogen (secondary N) is 1. The molecule has 1 heterocycles. The minimum Gasteiger partial charge on any atom is -0.310 e. The van der Waals surface area contributed by atoms with Crippen LogP contribution in [-0.2, 0) is 6.42 Å². The van der Waals surface area contributed by atoms with E-state index in [0.717, 1.165) is 19.4 Å². The molecule has 2 rings (SSSR count). The van der Waals surface area contributed by atoms with Crippen molar-refractivity contribution in [1.82, 2.24) is 5.32 Å². The molecule has 3 heteroatoms. The van der Waals surface area contributed by atoms with Gasteiger partial charge < -0.3 is 5.32 Å². The molecule has 0 aliphatic carbocycles. The zero-order valence-corrected chi connectivity index (χ0v) is 12.3. The smallest absolute Gasteiger partial charge is 0.123 e. The number of hydrogen-bond donors (Lipinski definition) is 1. The first-order chi connectivity index (χ1) is 9.20. The van der Waals surface area contributed by atoms with Crippen LogP contribution in [0.3, 0.4) is 0 Å². The van der Waals surface area contributed by atoms with E-state index >= 15 is 0 Å². The van der Waals surface area contributed by atoms with Crippen molar-refractivity contribution in [3.63, 3.8) is 0 Å². The molecule has 0 bridgehead atoms. The first kappa shape index (κ1) is 14.2. The minimum atomic E-state index is -0.173. The highest BCUT2D eigenvalue weighted by Crippen LogP contribution is 2.25. The van der Waals surface area contributed by atoms with Crippen LogP contribution in [-0.4, -0.2) is 6.54 Å². The summed E-state index contributed by atoms with van der Waals surface area (Å²) in [5.41, 5.74) is 2.53. The molecule has 1 nitrogen and oxygen atoms in total. The van der Waals surface area contributed by atoms with Crippen LogP contribution in [0.2, 0.25) is 0 Å². The molecule has 0 amide bonds. The van der Waals surface area contributed by atoms with Gasteiger partial charge in [0.25, 0.3) is 0 Å². The Labute approximate surface area is 118 Å². The van der Waals surface area contributed by atoms with Crippen molar-refractivity contribution < 1.29 is 4.39 Å². The van der Waals surface area contributed by atoms with Gasteiger partial charge in [-0.3, -0.25) is 0 Å². The fourth-order valence-corrected chi connectivity index (χ4v) is 2.99. The Balaban J connectivity index is 2.14. The molecule has 1 aromatic carbocycles. The predicted octanol–water partition coefficient (Wildman–Crippen LogP) is 4.48. The Hall–Kier alpha value is -1.19. The standard InChI is InChI=1S/C16H20FNS/c1-3-9-18-16(15-8-10-19-12(15)2)11-13-4-6-14(17)7-5-13/h4-8,10,16,18H,3,9,11H2,1-2H3. The summed E-state index contributed by atoms with van der Waals surface area (Å²) in [7, 11) is 0. The van der Waals surface area contributed by atoms with Crippen molar-refractivity contribution in [1.29, 1.82) is 0 Å². The third kappa shape index (κ3) is 3.88. The second-order valence-electron chi connectivity index (χ2n) is 4.77. The van der Waals surface area contributed by atoms with Gasteiger partial charge in [0.05, 0.1) is 0 Å². The highest BCUT2D eigenvalue weighted by atomic mass is 32.1. The zero-order valence-electron chi connectivity index (χ0n) is 11.4. The summed E-state index contributed by atoms with van der Waals surface area (Å²) in [6, 6.07) is 9.32. The summed E-state index contributed by atoms with van der Waals surface area (Å²) in [6.07, 6.45) is 2.01. The van der Waals surface area contributed by atoms with E-state index in [0.29, 0.717) is 6.04 Å². The van der Waals surface area contributed by atoms with Gasteiger partial charge in [-0.15, -0.1) is 11.3 Å². The maximum absolute atomic E-state index is 13.0. The average molecular weight is 277 g/mol. The van der Waals surface area contributed by atoms with E-state index in [4.69, 9.17) is 0 Å². The lowest BCUT2D eigenvalue weighted by Gasteiger charge is -2.19. The molecule has 2 aromatic rings. The van der Waals surface area contributed by atoms with Crippen molar-refractivity contribution in [2.24, 2.45) is 0 Å². The number of aryl methyl sites for hydroxylation is 1. The fourth-order valence-electron chi connectivity index (χ4n) is 2.22. The summed E-state index contributed by atoms with van der Waals surface area (Å²) in [5.74, 6) is -0.173. The highest BCUT2D eigenvalue weighted by molar-refractivity contribution is 7.10. The van der Waals surface area contributed by atoms with Gasteiger partial charge in [-0.2, -0.15) is 0 Å². The largest absolute Gasteiger partial charge is 0.310 e. The molecular formula is C16H20FNS. The number of thiophene rings is 1. The van der Waals surface area contributed by atoms with Crippen LogP contribution in [0.15, 0.2) is 35.7 Å². The molecule has 1 unspecified atom stereocenters. The molecular weight excluding hydrogens is 257 g/mol. The average Bonchev–Trinajstić information content (AvgIpc) is 2.83. The molecule has 0 radical (unpaired) electrons. The van der Waals surface area contributed by atoms with Crippen molar-refractivity contribution >= 4 is 11.3 Å². The van der Waals surface area contributed by atoms with E-state index in [9.17, 15) is 4.39 Å². The maximum Gasteiger partial charge on any atom is 0.123 e. The Kier molecular flexibility index (Phi) is 5.11. The molecule has 1 atom stereocenters. The third-order valence-corrected chi connectivity index (χ3v) is 4.13. The highest BCUT2D eigenvalue weighted by Gasteiger charge is 2.14. The van der Waals surface area contributed by atoms with Gasteiger partial charge in [-0.05, 0) is 61.0 Å².